The van der Waals surface area contributed by atoms with Gasteiger partial charge in [0.2, 0.25) is 11.9 Å². The SMILES string of the molecule is C=CC[n+]1c(C)c(C)n2c1N=C1C2C(=O)N(CCOC)C(=O)N1C. The first-order valence-electron chi connectivity index (χ1n) is 7.82. The molecule has 0 radical (unpaired) electrons. The topological polar surface area (TPSA) is 71.0 Å². The lowest BCUT2D eigenvalue weighted by Crippen LogP contribution is -2.58. The lowest BCUT2D eigenvalue weighted by atomic mass is 10.1. The number of aromatic nitrogens is 2. The summed E-state index contributed by atoms with van der Waals surface area (Å²) >= 11 is 0. The molecule has 1 fully saturated rings. The normalized spacial score (nSPS) is 19.5. The van der Waals surface area contributed by atoms with Crippen LogP contribution < -0.4 is 4.57 Å². The summed E-state index contributed by atoms with van der Waals surface area (Å²) in [6.07, 6.45) is 1.79. The van der Waals surface area contributed by atoms with Gasteiger partial charge < -0.3 is 4.74 Å². The van der Waals surface area contributed by atoms with E-state index >= 15 is 0 Å². The lowest BCUT2D eigenvalue weighted by Gasteiger charge is -2.33. The van der Waals surface area contributed by atoms with Crippen molar-refractivity contribution in [2.75, 3.05) is 27.3 Å². The van der Waals surface area contributed by atoms with Crippen LogP contribution in [-0.2, 0) is 16.1 Å². The van der Waals surface area contributed by atoms with Crippen LogP contribution in [0.2, 0.25) is 0 Å². The zero-order valence-corrected chi connectivity index (χ0v) is 14.4. The second-order valence-corrected chi connectivity index (χ2v) is 5.94. The van der Waals surface area contributed by atoms with Gasteiger partial charge >= 0.3 is 12.0 Å². The number of fused-ring (bicyclic) bond motifs is 3. The molecule has 3 rings (SSSR count). The summed E-state index contributed by atoms with van der Waals surface area (Å²) in [5.41, 5.74) is 1.99. The van der Waals surface area contributed by atoms with Gasteiger partial charge in [-0.1, -0.05) is 17.6 Å². The molecule has 0 bridgehead atoms. The van der Waals surface area contributed by atoms with Gasteiger partial charge in [0.25, 0.3) is 5.91 Å². The van der Waals surface area contributed by atoms with Gasteiger partial charge in [0, 0.05) is 14.2 Å². The van der Waals surface area contributed by atoms with Crippen molar-refractivity contribution in [3.8, 4) is 0 Å². The van der Waals surface area contributed by atoms with Crippen LogP contribution in [0.15, 0.2) is 17.6 Å². The minimum absolute atomic E-state index is 0.226. The Balaban J connectivity index is 2.10. The number of methoxy groups -OCH3 is 1. The van der Waals surface area contributed by atoms with Crippen LogP contribution in [0.3, 0.4) is 0 Å². The zero-order valence-electron chi connectivity index (χ0n) is 14.4. The number of likely N-dealkylation sites (N-methyl/N-ethyl adjacent to an activating group) is 1. The molecule has 1 unspecified atom stereocenters. The average molecular weight is 332 g/mol. The molecule has 3 heterocycles. The summed E-state index contributed by atoms with van der Waals surface area (Å²) in [6, 6.07) is -0.980. The zero-order chi connectivity index (χ0) is 17.6. The van der Waals surface area contributed by atoms with Gasteiger partial charge in [0.1, 0.15) is 11.4 Å². The number of ether oxygens (including phenoxy) is 1. The van der Waals surface area contributed by atoms with Crippen LogP contribution in [0, 0.1) is 13.8 Å². The van der Waals surface area contributed by atoms with Crippen molar-refractivity contribution in [1.29, 1.82) is 0 Å². The molecule has 2 aliphatic heterocycles. The monoisotopic (exact) mass is 332 g/mol. The molecule has 8 nitrogen and oxygen atoms in total. The van der Waals surface area contributed by atoms with Crippen LogP contribution in [0.25, 0.3) is 0 Å². The number of hydrogen-bond donors (Lipinski definition) is 0. The smallest absolute Gasteiger partial charge is 0.383 e. The second-order valence-electron chi connectivity index (χ2n) is 5.94. The predicted octanol–water partition coefficient (Wildman–Crippen LogP) is 0.704. The fraction of sp³-hybridized carbons (Fsp3) is 0.500. The number of amidine groups is 1. The molecule has 0 aliphatic carbocycles. The van der Waals surface area contributed by atoms with Crippen LogP contribution in [-0.4, -0.2) is 59.4 Å². The minimum atomic E-state index is -0.607. The Hall–Kier alpha value is -2.48. The minimum Gasteiger partial charge on any atom is -0.383 e. The van der Waals surface area contributed by atoms with Gasteiger partial charge in [-0.15, -0.1) is 0 Å². The maximum absolute atomic E-state index is 13.0. The highest BCUT2D eigenvalue weighted by Crippen LogP contribution is 2.34. The number of carbonyl (C=O) groups is 2. The first-order valence-corrected chi connectivity index (χ1v) is 7.82. The first-order chi connectivity index (χ1) is 11.4. The summed E-state index contributed by atoms with van der Waals surface area (Å²) in [5, 5.41) is 0. The fourth-order valence-electron chi connectivity index (χ4n) is 3.24. The highest BCUT2D eigenvalue weighted by Gasteiger charge is 2.53. The predicted molar refractivity (Wildman–Crippen MR) is 87.2 cm³/mol. The van der Waals surface area contributed by atoms with Crippen molar-refractivity contribution in [1.82, 2.24) is 14.4 Å². The van der Waals surface area contributed by atoms with Crippen molar-refractivity contribution in [2.24, 2.45) is 4.99 Å². The van der Waals surface area contributed by atoms with Crippen molar-refractivity contribution >= 4 is 23.7 Å². The Morgan fingerprint density at radius 3 is 2.71 bits per heavy atom. The van der Waals surface area contributed by atoms with Gasteiger partial charge in [-0.05, 0) is 13.8 Å². The molecular formula is C16H22N5O3+. The van der Waals surface area contributed by atoms with E-state index in [-0.39, 0.29) is 18.5 Å². The van der Waals surface area contributed by atoms with E-state index in [1.807, 2.05) is 23.0 Å². The van der Waals surface area contributed by atoms with Crippen LogP contribution in [0.4, 0.5) is 10.7 Å². The van der Waals surface area contributed by atoms with E-state index in [9.17, 15) is 9.59 Å². The summed E-state index contributed by atoms with van der Waals surface area (Å²) in [6.45, 7) is 8.85. The van der Waals surface area contributed by atoms with Crippen molar-refractivity contribution in [3.63, 3.8) is 0 Å². The Labute approximate surface area is 140 Å². The average Bonchev–Trinajstić information content (AvgIpc) is 3.05. The Kier molecular flexibility index (Phi) is 4.00. The van der Waals surface area contributed by atoms with E-state index in [1.165, 1.54) is 9.80 Å². The molecule has 1 saturated heterocycles. The van der Waals surface area contributed by atoms with E-state index in [2.05, 4.69) is 11.6 Å². The number of imidazole rings is 1. The summed E-state index contributed by atoms with van der Waals surface area (Å²) in [7, 11) is 3.19. The van der Waals surface area contributed by atoms with Gasteiger partial charge in [-0.3, -0.25) is 14.6 Å². The van der Waals surface area contributed by atoms with Crippen LogP contribution in [0.5, 0.6) is 0 Å². The van der Waals surface area contributed by atoms with E-state index in [0.29, 0.717) is 24.9 Å². The van der Waals surface area contributed by atoms with Crippen molar-refractivity contribution in [2.45, 2.75) is 26.4 Å². The molecule has 1 aromatic heterocycles. The highest BCUT2D eigenvalue weighted by atomic mass is 16.5. The van der Waals surface area contributed by atoms with Gasteiger partial charge in [0.05, 0.1) is 19.7 Å². The Morgan fingerprint density at radius 2 is 2.08 bits per heavy atom. The molecule has 24 heavy (non-hydrogen) atoms. The number of aliphatic imine (C=N–C) groups is 1. The molecule has 2 aliphatic rings. The standard InChI is InChI=1S/C16H22N5O3/c1-6-7-19-10(2)11(3)21-12-13(17-15(19)21)18(4)16(23)20(14(12)22)8-9-24-5/h6,12H,1,7-9H2,2-5H3/q+1. The van der Waals surface area contributed by atoms with Crippen LogP contribution in [0.1, 0.15) is 17.4 Å². The quantitative estimate of drug-likeness (QED) is 0.589. The number of imide groups is 1. The Bertz CT molecular complexity index is 764. The van der Waals surface area contributed by atoms with Crippen molar-refractivity contribution < 1.29 is 18.9 Å². The number of allylic oxidation sites excluding steroid dienone is 1. The molecule has 8 heteroatoms. The summed E-state index contributed by atoms with van der Waals surface area (Å²) < 4.78 is 8.92. The van der Waals surface area contributed by atoms with Gasteiger partial charge in [-0.2, -0.15) is 0 Å². The number of hydrogen-bond acceptors (Lipinski definition) is 4. The number of nitrogens with zero attached hydrogens (tertiary/aromatic N) is 5. The maximum atomic E-state index is 13.0. The molecule has 0 saturated carbocycles. The number of carbonyl (C=O) groups excluding carboxylic acids is 2. The second kappa shape index (κ2) is 5.86. The van der Waals surface area contributed by atoms with Gasteiger partial charge in [0.15, 0.2) is 0 Å². The summed E-state index contributed by atoms with van der Waals surface area (Å²) in [4.78, 5) is 32.7. The van der Waals surface area contributed by atoms with E-state index < -0.39 is 6.04 Å². The van der Waals surface area contributed by atoms with Gasteiger partial charge in [-0.25, -0.2) is 13.9 Å². The molecule has 0 aromatic carbocycles. The van der Waals surface area contributed by atoms with E-state index in [4.69, 9.17) is 4.74 Å². The molecule has 128 valence electrons. The Morgan fingerprint density at radius 1 is 1.38 bits per heavy atom. The fourth-order valence-corrected chi connectivity index (χ4v) is 3.24. The molecule has 0 N–H and O–H groups in total. The molecular weight excluding hydrogens is 310 g/mol. The van der Waals surface area contributed by atoms with E-state index in [1.54, 1.807) is 20.2 Å². The third kappa shape index (κ3) is 2.10. The van der Waals surface area contributed by atoms with Crippen LogP contribution >= 0.6 is 0 Å². The van der Waals surface area contributed by atoms with Crippen molar-refractivity contribution in [3.05, 3.63) is 24.0 Å². The number of urea groups is 1. The maximum Gasteiger partial charge on any atom is 0.402 e. The largest absolute Gasteiger partial charge is 0.402 e. The lowest BCUT2D eigenvalue weighted by molar-refractivity contribution is -0.679. The molecule has 1 atom stereocenters. The third-order valence-corrected chi connectivity index (χ3v) is 4.66. The first kappa shape index (κ1) is 16.4. The molecule has 0 spiro atoms. The highest BCUT2D eigenvalue weighted by molar-refractivity contribution is 6.20. The van der Waals surface area contributed by atoms with E-state index in [0.717, 1.165) is 11.4 Å². The summed E-state index contributed by atoms with van der Waals surface area (Å²) in [5.74, 6) is 0.873. The molecule has 3 amide bonds. The molecule has 1 aromatic rings. The number of amides is 3. The number of rotatable bonds is 5. The third-order valence-electron chi connectivity index (χ3n) is 4.66.